The van der Waals surface area contributed by atoms with E-state index in [4.69, 9.17) is 9.47 Å². The molecular weight excluding hydrogens is 530 g/mol. The maximum Gasteiger partial charge on any atom is 0.265 e. The van der Waals surface area contributed by atoms with E-state index in [0.29, 0.717) is 40.5 Å². The van der Waals surface area contributed by atoms with Crippen LogP contribution in [0, 0.1) is 0 Å². The minimum Gasteiger partial charge on any atom is -0.508 e. The molecule has 5 aromatic rings. The highest BCUT2D eigenvalue weighted by atomic mass is 32.2. The van der Waals surface area contributed by atoms with Crippen molar-refractivity contribution in [1.29, 1.82) is 0 Å². The molecule has 0 fully saturated rings. The van der Waals surface area contributed by atoms with E-state index in [1.165, 1.54) is 6.07 Å². The lowest BCUT2D eigenvalue weighted by Crippen LogP contribution is -2.17. The number of methoxy groups -OCH3 is 2. The zero-order valence-corrected chi connectivity index (χ0v) is 22.6. The number of rotatable bonds is 10. The summed E-state index contributed by atoms with van der Waals surface area (Å²) in [7, 11) is -1.04. The molecule has 40 heavy (non-hydrogen) atoms. The fourth-order valence-electron chi connectivity index (χ4n) is 4.07. The maximum atomic E-state index is 13.7. The van der Waals surface area contributed by atoms with Gasteiger partial charge in [0.25, 0.3) is 10.0 Å². The van der Waals surface area contributed by atoms with E-state index in [0.717, 1.165) is 5.56 Å². The molecule has 4 aromatic carbocycles. The number of benzene rings is 4. The number of nitrogens with zero attached hydrogens (tertiary/aromatic N) is 2. The Labute approximate surface area is 231 Å². The number of aromatic hydroxyl groups is 1. The van der Waals surface area contributed by atoms with Gasteiger partial charge in [0.15, 0.2) is 11.6 Å². The van der Waals surface area contributed by atoms with Crippen molar-refractivity contribution < 1.29 is 23.0 Å². The molecule has 1 heterocycles. The Morgan fingerprint density at radius 2 is 1.43 bits per heavy atom. The molecule has 0 saturated carbocycles. The number of fused-ring (bicyclic) bond motifs is 1. The van der Waals surface area contributed by atoms with Crippen LogP contribution in [0.2, 0.25) is 0 Å². The lowest BCUT2D eigenvalue weighted by Gasteiger charge is -2.17. The van der Waals surface area contributed by atoms with E-state index in [1.54, 1.807) is 87.0 Å². The number of hydrogen-bond acceptors (Lipinski definition) is 9. The monoisotopic (exact) mass is 557 g/mol. The minimum absolute atomic E-state index is 0.0169. The Morgan fingerprint density at radius 1 is 0.775 bits per heavy atom. The molecule has 204 valence electrons. The second-order valence-corrected chi connectivity index (χ2v) is 10.4. The van der Waals surface area contributed by atoms with Crippen molar-refractivity contribution in [3.8, 4) is 17.2 Å². The highest BCUT2D eigenvalue weighted by Crippen LogP contribution is 2.32. The topological polar surface area (TPSA) is 135 Å². The number of sulfonamides is 1. The van der Waals surface area contributed by atoms with Crippen LogP contribution in [0.1, 0.15) is 5.56 Å². The largest absolute Gasteiger partial charge is 0.508 e. The lowest BCUT2D eigenvalue weighted by molar-refractivity contribution is 0.395. The van der Waals surface area contributed by atoms with E-state index in [9.17, 15) is 13.5 Å². The van der Waals surface area contributed by atoms with E-state index in [1.807, 2.05) is 12.1 Å². The van der Waals surface area contributed by atoms with Gasteiger partial charge >= 0.3 is 0 Å². The average Bonchev–Trinajstić information content (AvgIpc) is 2.96. The van der Waals surface area contributed by atoms with Gasteiger partial charge in [-0.05, 0) is 42.0 Å². The highest BCUT2D eigenvalue weighted by Gasteiger charge is 2.22. The van der Waals surface area contributed by atoms with Gasteiger partial charge in [0.2, 0.25) is 0 Å². The number of para-hydroxylation sites is 3. The third kappa shape index (κ3) is 6.00. The Bertz CT molecular complexity index is 1760. The predicted molar refractivity (Wildman–Crippen MR) is 155 cm³/mol. The third-order valence-corrected chi connectivity index (χ3v) is 7.38. The van der Waals surface area contributed by atoms with Crippen LogP contribution in [0.3, 0.4) is 0 Å². The molecule has 0 aliphatic heterocycles. The van der Waals surface area contributed by atoms with Crippen molar-refractivity contribution in [2.75, 3.05) is 29.6 Å². The van der Waals surface area contributed by atoms with Crippen LogP contribution < -0.4 is 24.8 Å². The van der Waals surface area contributed by atoms with Gasteiger partial charge in [0.05, 0.1) is 30.9 Å². The van der Waals surface area contributed by atoms with Crippen LogP contribution >= 0.6 is 0 Å². The number of hydrogen-bond donors (Lipinski definition) is 4. The molecule has 4 N–H and O–H groups in total. The van der Waals surface area contributed by atoms with Crippen molar-refractivity contribution in [2.45, 2.75) is 11.4 Å². The van der Waals surface area contributed by atoms with Crippen LogP contribution in [0.5, 0.6) is 17.2 Å². The summed E-state index contributed by atoms with van der Waals surface area (Å²) >= 11 is 0. The molecule has 0 aliphatic carbocycles. The maximum absolute atomic E-state index is 13.7. The van der Waals surface area contributed by atoms with E-state index >= 15 is 0 Å². The molecule has 0 radical (unpaired) electrons. The summed E-state index contributed by atoms with van der Waals surface area (Å²) in [6.07, 6.45) is 0. The number of phenols is 1. The first-order chi connectivity index (χ1) is 19.3. The van der Waals surface area contributed by atoms with Gasteiger partial charge in [0, 0.05) is 30.4 Å². The summed E-state index contributed by atoms with van der Waals surface area (Å²) in [5.74, 6) is 1.44. The standard InChI is InChI=1S/C29H27N5O5S/c1-38-22-15-20(16-23(17-22)39-2)31-28-29(33-25-11-4-3-10-24(25)32-28)34-40(36,37)27-13-6-5-12-26(27)30-18-19-8-7-9-21(35)14-19/h3-17,30,35H,18H2,1-2H3,(H,31,32)(H,33,34). The SMILES string of the molecule is COc1cc(Nc2nc3ccccc3nc2NS(=O)(=O)c2ccccc2NCc2cccc(O)c2)cc(OC)c1. The van der Waals surface area contributed by atoms with Crippen molar-refractivity contribution in [2.24, 2.45) is 0 Å². The van der Waals surface area contributed by atoms with Gasteiger partial charge in [-0.15, -0.1) is 0 Å². The Morgan fingerprint density at radius 3 is 2.10 bits per heavy atom. The summed E-state index contributed by atoms with van der Waals surface area (Å²) in [6.45, 7) is 0.307. The fraction of sp³-hybridized carbons (Fsp3) is 0.103. The number of ether oxygens (including phenoxy) is 2. The summed E-state index contributed by atoms with van der Waals surface area (Å²) in [4.78, 5) is 9.25. The molecule has 0 amide bonds. The molecule has 1 aromatic heterocycles. The van der Waals surface area contributed by atoms with E-state index < -0.39 is 10.0 Å². The molecule has 10 nitrogen and oxygen atoms in total. The molecule has 5 rings (SSSR count). The highest BCUT2D eigenvalue weighted by molar-refractivity contribution is 7.92. The van der Waals surface area contributed by atoms with Crippen molar-refractivity contribution in [3.05, 3.63) is 96.6 Å². The Hall–Kier alpha value is -5.03. The van der Waals surface area contributed by atoms with Crippen LogP contribution in [0.4, 0.5) is 23.0 Å². The van der Waals surface area contributed by atoms with Gasteiger partial charge in [-0.25, -0.2) is 18.4 Å². The smallest absolute Gasteiger partial charge is 0.265 e. The fourth-order valence-corrected chi connectivity index (χ4v) is 5.26. The quantitative estimate of drug-likeness (QED) is 0.175. The molecular formula is C29H27N5O5S. The number of anilines is 4. The zero-order valence-electron chi connectivity index (χ0n) is 21.8. The second-order valence-electron chi connectivity index (χ2n) is 8.76. The summed E-state index contributed by atoms with van der Waals surface area (Å²) in [5.41, 5.74) is 2.84. The predicted octanol–water partition coefficient (Wildman–Crippen LogP) is 5.51. The van der Waals surface area contributed by atoms with Gasteiger partial charge in [-0.3, -0.25) is 4.72 Å². The molecule has 0 aliphatic rings. The first-order valence-corrected chi connectivity index (χ1v) is 13.7. The Kier molecular flexibility index (Phi) is 7.56. The molecule has 0 bridgehead atoms. The van der Waals surface area contributed by atoms with Gasteiger partial charge < -0.3 is 25.2 Å². The van der Waals surface area contributed by atoms with Crippen molar-refractivity contribution in [3.63, 3.8) is 0 Å². The summed E-state index contributed by atoms with van der Waals surface area (Å²) < 4.78 is 40.7. The van der Waals surface area contributed by atoms with E-state index in [-0.39, 0.29) is 22.3 Å². The zero-order chi connectivity index (χ0) is 28.1. The summed E-state index contributed by atoms with van der Waals surface area (Å²) in [5, 5.41) is 16.1. The number of aromatic nitrogens is 2. The van der Waals surface area contributed by atoms with Crippen LogP contribution in [0.25, 0.3) is 11.0 Å². The van der Waals surface area contributed by atoms with Crippen LogP contribution in [0.15, 0.2) is 95.9 Å². The van der Waals surface area contributed by atoms with Crippen LogP contribution in [-0.4, -0.2) is 37.7 Å². The Balaban J connectivity index is 1.50. The van der Waals surface area contributed by atoms with E-state index in [2.05, 4.69) is 25.3 Å². The second kappa shape index (κ2) is 11.4. The summed E-state index contributed by atoms with van der Waals surface area (Å²) in [6, 6.07) is 25.7. The average molecular weight is 558 g/mol. The van der Waals surface area contributed by atoms with Gasteiger partial charge in [0.1, 0.15) is 22.1 Å². The molecule has 0 saturated heterocycles. The third-order valence-electron chi connectivity index (χ3n) is 5.99. The first kappa shape index (κ1) is 26.6. The molecule has 0 spiro atoms. The normalized spacial score (nSPS) is 11.2. The minimum atomic E-state index is -4.12. The van der Waals surface area contributed by atoms with Gasteiger partial charge in [-0.2, -0.15) is 0 Å². The lowest BCUT2D eigenvalue weighted by atomic mass is 10.2. The molecule has 0 unspecified atom stereocenters. The van der Waals surface area contributed by atoms with Crippen molar-refractivity contribution in [1.82, 2.24) is 9.97 Å². The first-order valence-electron chi connectivity index (χ1n) is 12.2. The number of phenolic OH excluding ortho intramolecular Hbond substituents is 1. The van der Waals surface area contributed by atoms with Crippen molar-refractivity contribution >= 4 is 44.1 Å². The van der Waals surface area contributed by atoms with Crippen LogP contribution in [-0.2, 0) is 16.6 Å². The molecule has 11 heteroatoms. The molecule has 0 atom stereocenters. The number of nitrogens with one attached hydrogen (secondary N) is 3. The van der Waals surface area contributed by atoms with Gasteiger partial charge in [-0.1, -0.05) is 36.4 Å².